The maximum absolute atomic E-state index is 4.77. The van der Waals surface area contributed by atoms with Crippen molar-refractivity contribution in [3.63, 3.8) is 0 Å². The van der Waals surface area contributed by atoms with Gasteiger partial charge in [0.15, 0.2) is 0 Å². The van der Waals surface area contributed by atoms with Crippen LogP contribution < -0.4 is 0 Å². The van der Waals surface area contributed by atoms with E-state index in [4.69, 9.17) is 12.8 Å². The van der Waals surface area contributed by atoms with Gasteiger partial charge in [0.2, 0.25) is 0 Å². The SMILES string of the molecule is CC(C)(C)CC(C)(C)C1CCC2(CC[N+](C)(S)CC2)C1. The molecule has 1 aliphatic carbocycles. The normalized spacial score (nSPS) is 39.5. The van der Waals surface area contributed by atoms with Crippen LogP contribution in [0.4, 0.5) is 0 Å². The average Bonchev–Trinajstić information content (AvgIpc) is 2.66. The fourth-order valence-corrected chi connectivity index (χ4v) is 5.23. The Morgan fingerprint density at radius 2 is 1.60 bits per heavy atom. The zero-order valence-electron chi connectivity index (χ0n) is 14.6. The fourth-order valence-electron chi connectivity index (χ4n) is 5.03. The van der Waals surface area contributed by atoms with Gasteiger partial charge in [0.25, 0.3) is 0 Å². The molecular formula is C18H36NS+. The van der Waals surface area contributed by atoms with Crippen molar-refractivity contribution in [2.24, 2.45) is 22.2 Å². The third-order valence-electron chi connectivity index (χ3n) is 6.04. The summed E-state index contributed by atoms with van der Waals surface area (Å²) >= 11 is 4.77. The van der Waals surface area contributed by atoms with Crippen molar-refractivity contribution in [2.75, 3.05) is 20.1 Å². The molecule has 1 saturated heterocycles. The number of hydrogen-bond donors (Lipinski definition) is 1. The molecule has 1 spiro atoms. The van der Waals surface area contributed by atoms with Crippen LogP contribution in [0.1, 0.15) is 73.1 Å². The van der Waals surface area contributed by atoms with Gasteiger partial charge in [0.1, 0.15) is 0 Å². The number of rotatable bonds is 2. The lowest BCUT2D eigenvalue weighted by Gasteiger charge is -2.43. The fraction of sp³-hybridized carbons (Fsp3) is 1.00. The van der Waals surface area contributed by atoms with Gasteiger partial charge < -0.3 is 0 Å². The molecule has 20 heavy (non-hydrogen) atoms. The molecule has 2 fully saturated rings. The number of likely N-dealkylation sites (tertiary alicyclic amines) is 1. The van der Waals surface area contributed by atoms with E-state index >= 15 is 0 Å². The summed E-state index contributed by atoms with van der Waals surface area (Å²) in [6.07, 6.45) is 8.55. The first-order valence-corrected chi connectivity index (χ1v) is 8.91. The van der Waals surface area contributed by atoms with E-state index in [1.807, 2.05) is 0 Å². The molecule has 0 aromatic carbocycles. The molecule has 1 aliphatic heterocycles. The molecule has 1 heterocycles. The Labute approximate surface area is 132 Å². The number of nitrogens with zero attached hydrogens (tertiary/aromatic N) is 1. The minimum absolute atomic E-state index is 0.451. The van der Waals surface area contributed by atoms with Crippen molar-refractivity contribution in [2.45, 2.75) is 73.1 Å². The van der Waals surface area contributed by atoms with E-state index in [0.717, 1.165) is 9.81 Å². The van der Waals surface area contributed by atoms with Crippen LogP contribution in [0.15, 0.2) is 0 Å². The monoisotopic (exact) mass is 298 g/mol. The number of hydrogen-bond acceptors (Lipinski definition) is 1. The van der Waals surface area contributed by atoms with Crippen LogP contribution in [-0.4, -0.2) is 24.0 Å². The molecule has 2 rings (SSSR count). The second-order valence-corrected chi connectivity index (χ2v) is 10.9. The summed E-state index contributed by atoms with van der Waals surface area (Å²) in [6.45, 7) is 14.7. The molecule has 118 valence electrons. The highest BCUT2D eigenvalue weighted by Crippen LogP contribution is 2.56. The minimum atomic E-state index is 0.451. The third-order valence-corrected chi connectivity index (χ3v) is 6.44. The van der Waals surface area contributed by atoms with E-state index < -0.39 is 0 Å². The van der Waals surface area contributed by atoms with Gasteiger partial charge in [-0.3, -0.25) is 3.89 Å². The van der Waals surface area contributed by atoms with E-state index in [1.54, 1.807) is 0 Å². The second kappa shape index (κ2) is 5.19. The lowest BCUT2D eigenvalue weighted by molar-refractivity contribution is -0.780. The molecule has 1 unspecified atom stereocenters. The Bertz CT molecular complexity index is 341. The van der Waals surface area contributed by atoms with Gasteiger partial charge in [0.05, 0.1) is 33.0 Å². The molecule has 0 N–H and O–H groups in total. The van der Waals surface area contributed by atoms with Gasteiger partial charge in [-0.25, -0.2) is 0 Å². The van der Waals surface area contributed by atoms with Crippen LogP contribution in [0.3, 0.4) is 0 Å². The number of quaternary nitrogens is 1. The van der Waals surface area contributed by atoms with Crippen molar-refractivity contribution in [1.29, 1.82) is 0 Å². The van der Waals surface area contributed by atoms with E-state index in [1.165, 1.54) is 51.6 Å². The smallest absolute Gasteiger partial charge is 0.0893 e. The summed E-state index contributed by atoms with van der Waals surface area (Å²) in [5.41, 5.74) is 1.62. The standard InChI is InChI=1S/C18H36NS/c1-16(2,3)14-17(4,5)15-7-8-18(13-15)9-11-19(6,20)12-10-18/h15,20H,7-14H2,1-6H3/q+1. The zero-order valence-corrected chi connectivity index (χ0v) is 15.5. The van der Waals surface area contributed by atoms with Crippen LogP contribution in [0.5, 0.6) is 0 Å². The molecule has 0 bridgehead atoms. The summed E-state index contributed by atoms with van der Waals surface area (Å²) in [5, 5.41) is 0. The van der Waals surface area contributed by atoms with Crippen LogP contribution in [0.2, 0.25) is 0 Å². The quantitative estimate of drug-likeness (QED) is 0.517. The van der Waals surface area contributed by atoms with E-state index in [0.29, 0.717) is 16.2 Å². The Hall–Kier alpha value is 0.310. The predicted molar refractivity (Wildman–Crippen MR) is 91.8 cm³/mol. The first-order valence-electron chi connectivity index (χ1n) is 8.51. The molecule has 0 radical (unpaired) electrons. The van der Waals surface area contributed by atoms with E-state index in [9.17, 15) is 0 Å². The maximum Gasteiger partial charge on any atom is 0.0893 e. The predicted octanol–water partition coefficient (Wildman–Crippen LogP) is 5.32. The van der Waals surface area contributed by atoms with Crippen molar-refractivity contribution < 1.29 is 3.89 Å². The Morgan fingerprint density at radius 3 is 2.10 bits per heavy atom. The van der Waals surface area contributed by atoms with Crippen LogP contribution in [0.25, 0.3) is 0 Å². The largest absolute Gasteiger partial charge is 0.267 e. The summed E-state index contributed by atoms with van der Waals surface area (Å²) in [7, 11) is 2.27. The van der Waals surface area contributed by atoms with Crippen LogP contribution in [-0.2, 0) is 0 Å². The average molecular weight is 299 g/mol. The van der Waals surface area contributed by atoms with Crippen LogP contribution >= 0.6 is 12.8 Å². The summed E-state index contributed by atoms with van der Waals surface area (Å²) < 4.78 is 0.942. The molecule has 0 aromatic rings. The maximum atomic E-state index is 4.77. The van der Waals surface area contributed by atoms with Gasteiger partial charge >= 0.3 is 0 Å². The topological polar surface area (TPSA) is 0 Å². The van der Waals surface area contributed by atoms with E-state index in [2.05, 4.69) is 41.7 Å². The van der Waals surface area contributed by atoms with Gasteiger partial charge in [0, 0.05) is 12.8 Å². The highest BCUT2D eigenvalue weighted by atomic mass is 32.1. The van der Waals surface area contributed by atoms with Gasteiger partial charge in [-0.15, -0.1) is 0 Å². The highest BCUT2D eigenvalue weighted by molar-refractivity contribution is 7.74. The lowest BCUT2D eigenvalue weighted by Crippen LogP contribution is -2.45. The molecule has 1 nitrogen and oxygen atoms in total. The van der Waals surface area contributed by atoms with Crippen molar-refractivity contribution in [3.05, 3.63) is 0 Å². The Morgan fingerprint density at radius 1 is 1.05 bits per heavy atom. The molecule has 0 amide bonds. The van der Waals surface area contributed by atoms with Crippen molar-refractivity contribution in [1.82, 2.24) is 0 Å². The van der Waals surface area contributed by atoms with Crippen molar-refractivity contribution >= 4 is 12.8 Å². The van der Waals surface area contributed by atoms with Gasteiger partial charge in [-0.1, -0.05) is 34.6 Å². The first-order chi connectivity index (χ1) is 8.93. The summed E-state index contributed by atoms with van der Waals surface area (Å²) in [4.78, 5) is 0. The summed E-state index contributed by atoms with van der Waals surface area (Å²) in [5.74, 6) is 0.929. The first kappa shape index (κ1) is 16.7. The molecule has 1 atom stereocenters. The number of thiol groups is 1. The molecule has 0 aromatic heterocycles. The second-order valence-electron chi connectivity index (χ2n) is 9.95. The van der Waals surface area contributed by atoms with E-state index in [-0.39, 0.29) is 0 Å². The Balaban J connectivity index is 1.99. The molecule has 2 aliphatic rings. The van der Waals surface area contributed by atoms with Gasteiger partial charge in [-0.2, -0.15) is 0 Å². The van der Waals surface area contributed by atoms with Crippen LogP contribution in [0, 0.1) is 22.2 Å². The van der Waals surface area contributed by atoms with Gasteiger partial charge in [-0.05, 0) is 47.8 Å². The number of piperidine rings is 1. The third kappa shape index (κ3) is 3.94. The summed E-state index contributed by atoms with van der Waals surface area (Å²) in [6, 6.07) is 0. The molecule has 2 heteroatoms. The lowest BCUT2D eigenvalue weighted by atomic mass is 9.66. The minimum Gasteiger partial charge on any atom is -0.267 e. The Kier molecular flexibility index (Phi) is 4.33. The highest BCUT2D eigenvalue weighted by Gasteiger charge is 2.48. The zero-order chi connectivity index (χ0) is 15.2. The van der Waals surface area contributed by atoms with Crippen molar-refractivity contribution in [3.8, 4) is 0 Å². The molecule has 1 saturated carbocycles. The molecular weight excluding hydrogens is 262 g/mol.